The van der Waals surface area contributed by atoms with E-state index in [2.05, 4.69) is 31.9 Å². The smallest absolute Gasteiger partial charge is 0.408 e. The first kappa shape index (κ1) is 59.4. The summed E-state index contributed by atoms with van der Waals surface area (Å²) in [6.45, 7) is 6.14. The van der Waals surface area contributed by atoms with Crippen molar-refractivity contribution in [2.24, 2.45) is 0 Å². The first-order valence-electron chi connectivity index (χ1n) is 27.5. The molecule has 0 aromatic heterocycles. The number of benzene rings is 7. The number of hydrogen-bond donors (Lipinski definition) is 6. The quantitative estimate of drug-likeness (QED) is 0.0271. The molecule has 7 aromatic rings. The lowest BCUT2D eigenvalue weighted by atomic mass is 9.83. The Kier molecular flexibility index (Phi) is 23.0. The Hall–Kier alpha value is -9.24. The molecule has 81 heavy (non-hydrogen) atoms. The van der Waals surface area contributed by atoms with E-state index < -0.39 is 54.1 Å². The second kappa shape index (κ2) is 31.4. The third-order valence-corrected chi connectivity index (χ3v) is 13.9. The molecule has 420 valence electrons. The first-order valence-corrected chi connectivity index (χ1v) is 27.5. The zero-order chi connectivity index (χ0) is 57.2. The number of carbonyl (C=O) groups is 6. The molecule has 3 atom stereocenters. The highest BCUT2D eigenvalue weighted by atomic mass is 16.6. The maximum atomic E-state index is 14.5. The number of amides is 6. The van der Waals surface area contributed by atoms with Crippen LogP contribution in [-0.4, -0.2) is 54.1 Å². The van der Waals surface area contributed by atoms with Gasteiger partial charge in [0, 0.05) is 38.9 Å². The van der Waals surface area contributed by atoms with Gasteiger partial charge in [0.25, 0.3) is 0 Å². The summed E-state index contributed by atoms with van der Waals surface area (Å²) in [5, 5.41) is 17.8. The van der Waals surface area contributed by atoms with Crippen molar-refractivity contribution in [2.75, 3.05) is 0 Å². The van der Waals surface area contributed by atoms with Gasteiger partial charge in [0.05, 0.1) is 0 Å². The van der Waals surface area contributed by atoms with Crippen molar-refractivity contribution in [1.29, 1.82) is 0 Å². The molecule has 0 radical (unpaired) electrons. The Bertz CT molecular complexity index is 2780. The van der Waals surface area contributed by atoms with Crippen LogP contribution in [0.1, 0.15) is 87.5 Å². The lowest BCUT2D eigenvalue weighted by Gasteiger charge is -2.28. The Balaban J connectivity index is 1.20. The molecule has 0 heterocycles. The van der Waals surface area contributed by atoms with E-state index in [4.69, 9.17) is 14.2 Å². The van der Waals surface area contributed by atoms with Crippen molar-refractivity contribution < 1.29 is 43.0 Å². The molecular formula is C66H72N6O9. The van der Waals surface area contributed by atoms with Gasteiger partial charge in [-0.05, 0) is 86.0 Å². The number of rotatable bonds is 27. The van der Waals surface area contributed by atoms with Crippen LogP contribution in [-0.2, 0) is 107 Å². The van der Waals surface area contributed by atoms with Crippen molar-refractivity contribution in [3.05, 3.63) is 249 Å². The van der Waals surface area contributed by atoms with E-state index in [1.165, 1.54) is 0 Å². The molecular weight excluding hydrogens is 1020 g/mol. The van der Waals surface area contributed by atoms with Gasteiger partial charge in [0.15, 0.2) is 0 Å². The van der Waals surface area contributed by atoms with Crippen molar-refractivity contribution in [2.45, 2.75) is 117 Å². The predicted octanol–water partition coefficient (Wildman–Crippen LogP) is 9.84. The molecule has 15 nitrogen and oxygen atoms in total. The van der Waals surface area contributed by atoms with Crippen molar-refractivity contribution in [3.63, 3.8) is 0 Å². The molecule has 15 heteroatoms. The standard InChI is InChI=1S/C66H72N6O9/c1-4-52-55(40-67-61(73)58(37-46-25-13-7-14-26-46)70-64(76)79-43-49-31-19-10-20-32-49)53(5-2)57(42-69-63(75)60(39-48-29-17-9-18-30-48)72-66(78)81-45-51-35-23-12-24-36-51)54(6-3)56(52)41-68-62(74)59(38-47-27-15-8-16-28-47)71-65(77)80-44-50-33-21-11-22-34-50/h7-36,58-60H,4-6,37-45H2,1-3H3,(H,67,73)(H,68,74)(H,69,75)(H,70,76)(H,71,77)(H,72,78). The minimum absolute atomic E-state index is 0.0112. The van der Waals surface area contributed by atoms with E-state index >= 15 is 0 Å². The highest BCUT2D eigenvalue weighted by molar-refractivity contribution is 5.88. The number of alkyl carbamates (subject to hydrolysis) is 3. The average Bonchev–Trinajstić information content (AvgIpc) is 3.70. The summed E-state index contributed by atoms with van der Waals surface area (Å²) >= 11 is 0. The molecule has 0 aliphatic heterocycles. The van der Waals surface area contributed by atoms with Gasteiger partial charge in [-0.3, -0.25) is 14.4 Å². The van der Waals surface area contributed by atoms with E-state index in [1.807, 2.05) is 203 Å². The Morgan fingerprint density at radius 2 is 0.519 bits per heavy atom. The van der Waals surface area contributed by atoms with Crippen LogP contribution in [0.25, 0.3) is 0 Å². The average molecular weight is 1090 g/mol. The highest BCUT2D eigenvalue weighted by Gasteiger charge is 2.29. The molecule has 0 aliphatic rings. The SMILES string of the molecule is CCc1c(CNC(=O)C(Cc2ccccc2)NC(=O)OCc2ccccc2)c(CC)c(CNC(=O)C(Cc2ccccc2)NC(=O)OCc2ccccc2)c(CC)c1CNC(=O)C(Cc1ccccc1)NC(=O)OCc1ccccc1. The summed E-state index contributed by atoms with van der Waals surface area (Å²) in [6.07, 6.45) is -0.262. The highest BCUT2D eigenvalue weighted by Crippen LogP contribution is 2.31. The summed E-state index contributed by atoms with van der Waals surface area (Å²) in [7, 11) is 0. The molecule has 6 amide bonds. The molecule has 0 bridgehead atoms. The van der Waals surface area contributed by atoms with Crippen LogP contribution in [0.3, 0.4) is 0 Å². The monoisotopic (exact) mass is 1090 g/mol. The first-order chi connectivity index (χ1) is 39.5. The molecule has 6 N–H and O–H groups in total. The van der Waals surface area contributed by atoms with Gasteiger partial charge in [-0.2, -0.15) is 0 Å². The largest absolute Gasteiger partial charge is 0.445 e. The van der Waals surface area contributed by atoms with E-state index in [0.717, 1.165) is 66.8 Å². The van der Waals surface area contributed by atoms with E-state index in [1.54, 1.807) is 0 Å². The molecule has 7 aromatic carbocycles. The maximum Gasteiger partial charge on any atom is 0.408 e. The van der Waals surface area contributed by atoms with Crippen LogP contribution >= 0.6 is 0 Å². The fraction of sp³-hybridized carbons (Fsp3) is 0.273. The second-order valence-corrected chi connectivity index (χ2v) is 19.4. The zero-order valence-electron chi connectivity index (χ0n) is 46.2. The Morgan fingerprint density at radius 3 is 0.728 bits per heavy atom. The fourth-order valence-electron chi connectivity index (χ4n) is 9.81. The minimum Gasteiger partial charge on any atom is -0.445 e. The molecule has 0 spiro atoms. The van der Waals surface area contributed by atoms with E-state index in [0.29, 0.717) is 19.3 Å². The van der Waals surface area contributed by atoms with Crippen LogP contribution in [0, 0.1) is 0 Å². The molecule has 0 saturated heterocycles. The number of ether oxygens (including phenoxy) is 3. The maximum absolute atomic E-state index is 14.5. The Morgan fingerprint density at radius 1 is 0.309 bits per heavy atom. The van der Waals surface area contributed by atoms with Gasteiger partial charge in [0.2, 0.25) is 17.7 Å². The van der Waals surface area contributed by atoms with Crippen LogP contribution in [0.4, 0.5) is 14.4 Å². The molecule has 3 unspecified atom stereocenters. The molecule has 7 rings (SSSR count). The zero-order valence-corrected chi connectivity index (χ0v) is 46.2. The summed E-state index contributed by atoms with van der Waals surface area (Å²) in [5.74, 6) is -1.36. The van der Waals surface area contributed by atoms with Gasteiger partial charge in [0.1, 0.15) is 37.9 Å². The van der Waals surface area contributed by atoms with E-state index in [-0.39, 0.29) is 58.7 Å². The van der Waals surface area contributed by atoms with Gasteiger partial charge in [-0.1, -0.05) is 203 Å². The molecule has 0 aliphatic carbocycles. The predicted molar refractivity (Wildman–Crippen MR) is 311 cm³/mol. The third-order valence-electron chi connectivity index (χ3n) is 13.9. The Labute approximate surface area is 474 Å². The van der Waals surface area contributed by atoms with E-state index in [9.17, 15) is 28.8 Å². The van der Waals surface area contributed by atoms with Gasteiger partial charge >= 0.3 is 18.3 Å². The van der Waals surface area contributed by atoms with Gasteiger partial charge in [-0.25, -0.2) is 14.4 Å². The summed E-state index contributed by atoms with van der Waals surface area (Å²) in [6, 6.07) is 52.8. The number of carbonyl (C=O) groups excluding carboxylic acids is 6. The van der Waals surface area contributed by atoms with Crippen molar-refractivity contribution in [1.82, 2.24) is 31.9 Å². The molecule has 0 saturated carbocycles. The van der Waals surface area contributed by atoms with Crippen LogP contribution < -0.4 is 31.9 Å². The minimum atomic E-state index is -1.03. The summed E-state index contributed by atoms with van der Waals surface area (Å²) in [4.78, 5) is 83.8. The van der Waals surface area contributed by atoms with Crippen molar-refractivity contribution >= 4 is 36.0 Å². The van der Waals surface area contributed by atoms with Crippen LogP contribution in [0.15, 0.2) is 182 Å². The summed E-state index contributed by atoms with van der Waals surface area (Å²) in [5.41, 5.74) is 9.85. The molecule has 0 fully saturated rings. The van der Waals surface area contributed by atoms with Crippen molar-refractivity contribution in [3.8, 4) is 0 Å². The fourth-order valence-corrected chi connectivity index (χ4v) is 9.81. The lowest BCUT2D eigenvalue weighted by molar-refractivity contribution is -0.123. The van der Waals surface area contributed by atoms with Crippen LogP contribution in [0.5, 0.6) is 0 Å². The second-order valence-electron chi connectivity index (χ2n) is 19.4. The normalized spacial score (nSPS) is 11.9. The van der Waals surface area contributed by atoms with Crippen LogP contribution in [0.2, 0.25) is 0 Å². The van der Waals surface area contributed by atoms with Gasteiger partial charge in [-0.15, -0.1) is 0 Å². The summed E-state index contributed by atoms with van der Waals surface area (Å²) < 4.78 is 16.7. The topological polar surface area (TPSA) is 202 Å². The third kappa shape index (κ3) is 18.4. The number of hydrogen-bond acceptors (Lipinski definition) is 9. The number of nitrogens with one attached hydrogen (secondary N) is 6. The van der Waals surface area contributed by atoms with Gasteiger partial charge < -0.3 is 46.1 Å². The lowest BCUT2D eigenvalue weighted by Crippen LogP contribution is -2.48.